The second-order valence-corrected chi connectivity index (χ2v) is 5.13. The summed E-state index contributed by atoms with van der Waals surface area (Å²) in [6.45, 7) is 1.98. The predicted molar refractivity (Wildman–Crippen MR) is 67.7 cm³/mol. The van der Waals surface area contributed by atoms with E-state index in [1.165, 1.54) is 0 Å². The van der Waals surface area contributed by atoms with E-state index in [-0.39, 0.29) is 0 Å². The van der Waals surface area contributed by atoms with Gasteiger partial charge in [0, 0.05) is 16.6 Å². The molecule has 2 heterocycles. The standard InChI is InChI=1S/C11H13N5S/c1-6-13-9(5-17-6)11-14-8-4-2-3-7(8)10(15-11)16-12/h5H,2-4,12H2,1H3,(H,14,15,16). The lowest BCUT2D eigenvalue weighted by molar-refractivity contribution is 0.899. The number of aryl methyl sites for hydroxylation is 2. The van der Waals surface area contributed by atoms with Crippen molar-refractivity contribution in [2.24, 2.45) is 5.84 Å². The monoisotopic (exact) mass is 247 g/mol. The molecule has 5 nitrogen and oxygen atoms in total. The van der Waals surface area contributed by atoms with Gasteiger partial charge in [-0.2, -0.15) is 0 Å². The summed E-state index contributed by atoms with van der Waals surface area (Å²) in [5.74, 6) is 6.93. The molecule has 1 aliphatic carbocycles. The molecule has 0 saturated carbocycles. The lowest BCUT2D eigenvalue weighted by atomic mass is 10.2. The van der Waals surface area contributed by atoms with Crippen LogP contribution >= 0.6 is 11.3 Å². The Bertz CT molecular complexity index is 563. The number of hydrogen-bond donors (Lipinski definition) is 2. The number of aromatic nitrogens is 3. The molecule has 0 amide bonds. The highest BCUT2D eigenvalue weighted by Gasteiger charge is 2.20. The molecule has 3 N–H and O–H groups in total. The summed E-state index contributed by atoms with van der Waals surface area (Å²) < 4.78 is 0. The third kappa shape index (κ3) is 1.79. The van der Waals surface area contributed by atoms with Gasteiger partial charge in [-0.25, -0.2) is 20.8 Å². The van der Waals surface area contributed by atoms with Crippen molar-refractivity contribution in [2.75, 3.05) is 5.43 Å². The third-order valence-corrected chi connectivity index (χ3v) is 3.69. The minimum atomic E-state index is 0.669. The number of nitrogen functional groups attached to an aromatic ring is 1. The fraction of sp³-hybridized carbons (Fsp3) is 0.364. The second-order valence-electron chi connectivity index (χ2n) is 4.07. The van der Waals surface area contributed by atoms with Gasteiger partial charge in [-0.1, -0.05) is 0 Å². The van der Waals surface area contributed by atoms with Gasteiger partial charge >= 0.3 is 0 Å². The van der Waals surface area contributed by atoms with Gasteiger partial charge < -0.3 is 5.43 Å². The molecule has 88 valence electrons. The van der Waals surface area contributed by atoms with E-state index in [1.807, 2.05) is 12.3 Å². The summed E-state index contributed by atoms with van der Waals surface area (Å²) >= 11 is 1.60. The van der Waals surface area contributed by atoms with E-state index in [0.29, 0.717) is 5.82 Å². The Labute approximate surface area is 103 Å². The Morgan fingerprint density at radius 2 is 2.18 bits per heavy atom. The first kappa shape index (κ1) is 10.6. The lowest BCUT2D eigenvalue weighted by Gasteiger charge is -2.07. The van der Waals surface area contributed by atoms with Gasteiger partial charge in [0.1, 0.15) is 11.5 Å². The highest BCUT2D eigenvalue weighted by molar-refractivity contribution is 7.09. The Hall–Kier alpha value is -1.53. The first-order valence-corrected chi connectivity index (χ1v) is 6.45. The number of anilines is 1. The van der Waals surface area contributed by atoms with Crippen LogP contribution in [0.4, 0.5) is 5.82 Å². The lowest BCUT2D eigenvalue weighted by Crippen LogP contribution is -2.12. The van der Waals surface area contributed by atoms with E-state index in [0.717, 1.165) is 47.0 Å². The predicted octanol–water partition coefficient (Wildman–Crippen LogP) is 1.68. The molecule has 3 rings (SSSR count). The fourth-order valence-corrected chi connectivity index (χ4v) is 2.72. The Balaban J connectivity index is 2.12. The maximum absolute atomic E-state index is 5.52. The zero-order valence-corrected chi connectivity index (χ0v) is 10.3. The SMILES string of the molecule is Cc1nc(-c2nc3c(c(NN)n2)CCC3)cs1. The molecule has 1 aliphatic rings. The van der Waals surface area contributed by atoms with E-state index in [4.69, 9.17) is 5.84 Å². The quantitative estimate of drug-likeness (QED) is 0.623. The molecule has 2 aromatic heterocycles. The average Bonchev–Trinajstić information content (AvgIpc) is 2.95. The minimum Gasteiger partial charge on any atom is -0.308 e. The third-order valence-electron chi connectivity index (χ3n) is 2.92. The highest BCUT2D eigenvalue weighted by Crippen LogP contribution is 2.28. The highest BCUT2D eigenvalue weighted by atomic mass is 32.1. The number of hydrazine groups is 1. The van der Waals surface area contributed by atoms with Crippen molar-refractivity contribution in [1.82, 2.24) is 15.0 Å². The van der Waals surface area contributed by atoms with Gasteiger partial charge in [-0.3, -0.25) is 0 Å². The van der Waals surface area contributed by atoms with Crippen LogP contribution in [0.3, 0.4) is 0 Å². The molecule has 0 saturated heterocycles. The topological polar surface area (TPSA) is 76.7 Å². The Morgan fingerprint density at radius 3 is 2.88 bits per heavy atom. The molecule has 0 fully saturated rings. The van der Waals surface area contributed by atoms with Crippen LogP contribution in [-0.4, -0.2) is 15.0 Å². The molecule has 6 heteroatoms. The van der Waals surface area contributed by atoms with Crippen LogP contribution in [0, 0.1) is 6.92 Å². The maximum Gasteiger partial charge on any atom is 0.181 e. The number of nitrogens with zero attached hydrogens (tertiary/aromatic N) is 3. The summed E-state index contributed by atoms with van der Waals surface area (Å²) in [7, 11) is 0. The zero-order chi connectivity index (χ0) is 11.8. The molecule has 0 atom stereocenters. The van der Waals surface area contributed by atoms with Crippen LogP contribution in [0.25, 0.3) is 11.5 Å². The average molecular weight is 247 g/mol. The molecule has 17 heavy (non-hydrogen) atoms. The number of nitrogens with one attached hydrogen (secondary N) is 1. The second kappa shape index (κ2) is 4.05. The summed E-state index contributed by atoms with van der Waals surface area (Å²) in [5, 5.41) is 3.00. The van der Waals surface area contributed by atoms with E-state index >= 15 is 0 Å². The number of thiazole rings is 1. The number of fused-ring (bicyclic) bond motifs is 1. The molecule has 0 aliphatic heterocycles. The largest absolute Gasteiger partial charge is 0.308 e. The Kier molecular flexibility index (Phi) is 2.53. The first-order valence-electron chi connectivity index (χ1n) is 5.57. The van der Waals surface area contributed by atoms with Crippen LogP contribution in [0.15, 0.2) is 5.38 Å². The number of nitrogens with two attached hydrogens (primary N) is 1. The van der Waals surface area contributed by atoms with Gasteiger partial charge in [0.05, 0.1) is 5.01 Å². The van der Waals surface area contributed by atoms with E-state index < -0.39 is 0 Å². The molecule has 0 unspecified atom stereocenters. The smallest absolute Gasteiger partial charge is 0.181 e. The number of hydrogen-bond acceptors (Lipinski definition) is 6. The molecule has 0 spiro atoms. The van der Waals surface area contributed by atoms with Crippen LogP contribution < -0.4 is 11.3 Å². The first-order chi connectivity index (χ1) is 8.28. The minimum absolute atomic E-state index is 0.669. The number of rotatable bonds is 2. The van der Waals surface area contributed by atoms with Gasteiger partial charge in [0.25, 0.3) is 0 Å². The van der Waals surface area contributed by atoms with Crippen molar-refractivity contribution < 1.29 is 0 Å². The summed E-state index contributed by atoms with van der Waals surface area (Å²) in [4.78, 5) is 13.4. The van der Waals surface area contributed by atoms with E-state index in [9.17, 15) is 0 Å². The molecule has 0 aromatic carbocycles. The van der Waals surface area contributed by atoms with E-state index in [2.05, 4.69) is 20.4 Å². The van der Waals surface area contributed by atoms with Gasteiger partial charge in [0.15, 0.2) is 5.82 Å². The molecule has 0 bridgehead atoms. The van der Waals surface area contributed by atoms with Crippen LogP contribution in [0.5, 0.6) is 0 Å². The van der Waals surface area contributed by atoms with Crippen molar-refractivity contribution in [1.29, 1.82) is 0 Å². The molecule has 2 aromatic rings. The van der Waals surface area contributed by atoms with Gasteiger partial charge in [0.2, 0.25) is 0 Å². The molecular weight excluding hydrogens is 234 g/mol. The van der Waals surface area contributed by atoms with E-state index in [1.54, 1.807) is 11.3 Å². The van der Waals surface area contributed by atoms with Crippen molar-refractivity contribution in [3.8, 4) is 11.5 Å². The van der Waals surface area contributed by atoms with Gasteiger partial charge in [-0.15, -0.1) is 11.3 Å². The zero-order valence-electron chi connectivity index (χ0n) is 9.53. The fourth-order valence-electron chi connectivity index (χ4n) is 2.13. The van der Waals surface area contributed by atoms with Crippen LogP contribution in [0.1, 0.15) is 22.7 Å². The van der Waals surface area contributed by atoms with Gasteiger partial charge in [-0.05, 0) is 26.2 Å². The summed E-state index contributed by atoms with van der Waals surface area (Å²) in [5.41, 5.74) is 5.76. The maximum atomic E-state index is 5.52. The van der Waals surface area contributed by atoms with Crippen molar-refractivity contribution in [2.45, 2.75) is 26.2 Å². The van der Waals surface area contributed by atoms with Crippen LogP contribution in [-0.2, 0) is 12.8 Å². The van der Waals surface area contributed by atoms with Crippen molar-refractivity contribution in [3.63, 3.8) is 0 Å². The van der Waals surface area contributed by atoms with Crippen molar-refractivity contribution in [3.05, 3.63) is 21.6 Å². The molecular formula is C11H13N5S. The van der Waals surface area contributed by atoms with Crippen molar-refractivity contribution >= 4 is 17.2 Å². The normalized spacial score (nSPS) is 13.8. The Morgan fingerprint density at radius 1 is 1.29 bits per heavy atom. The van der Waals surface area contributed by atoms with Crippen LogP contribution in [0.2, 0.25) is 0 Å². The summed E-state index contributed by atoms with van der Waals surface area (Å²) in [6, 6.07) is 0. The molecule has 0 radical (unpaired) electrons. The summed E-state index contributed by atoms with van der Waals surface area (Å²) in [6.07, 6.45) is 3.13.